The number of carbonyl (C=O) groups excluding carboxylic acids is 1. The number of carbonyl (C=O) groups is 1. The normalized spacial score (nSPS) is 10.9. The van der Waals surface area contributed by atoms with E-state index in [1.807, 2.05) is 42.5 Å². The van der Waals surface area contributed by atoms with Crippen LogP contribution in [0, 0.1) is 0 Å². The molecule has 0 amide bonds. The highest BCUT2D eigenvalue weighted by atomic mass is 16.5. The van der Waals surface area contributed by atoms with Crippen LogP contribution in [0.5, 0.6) is 17.2 Å². The highest BCUT2D eigenvalue weighted by Gasteiger charge is 2.06. The molecule has 0 aliphatic carbocycles. The molecule has 156 valence electrons. The van der Waals surface area contributed by atoms with E-state index in [-0.39, 0.29) is 0 Å². The van der Waals surface area contributed by atoms with E-state index in [0.717, 1.165) is 30.6 Å². The fourth-order valence-electron chi connectivity index (χ4n) is 2.95. The molecule has 4 heteroatoms. The van der Waals surface area contributed by atoms with Crippen LogP contribution in [0.2, 0.25) is 0 Å². The SMILES string of the molecule is CCCCCCOc1ccc(/C=C/C(=O)Oc2ccc(CCC)cc2)cc1OC. The molecular formula is C25H32O4. The third-order valence-electron chi connectivity index (χ3n) is 4.54. The van der Waals surface area contributed by atoms with E-state index in [0.29, 0.717) is 18.1 Å². The molecule has 0 bridgehead atoms. The number of benzene rings is 2. The molecule has 0 aliphatic rings. The maximum atomic E-state index is 12.1. The summed E-state index contributed by atoms with van der Waals surface area (Å²) in [6.07, 6.45) is 9.87. The number of methoxy groups -OCH3 is 1. The van der Waals surface area contributed by atoms with Gasteiger partial charge in [-0.2, -0.15) is 0 Å². The molecule has 0 spiro atoms. The number of aryl methyl sites for hydroxylation is 1. The van der Waals surface area contributed by atoms with Crippen LogP contribution in [-0.4, -0.2) is 19.7 Å². The Kier molecular flexibility index (Phi) is 9.84. The number of esters is 1. The Morgan fingerprint density at radius 1 is 0.931 bits per heavy atom. The lowest BCUT2D eigenvalue weighted by molar-refractivity contribution is -0.128. The van der Waals surface area contributed by atoms with E-state index < -0.39 is 5.97 Å². The Bertz CT molecular complexity index is 778. The first-order valence-electron chi connectivity index (χ1n) is 10.5. The van der Waals surface area contributed by atoms with Crippen LogP contribution < -0.4 is 14.2 Å². The molecule has 0 atom stereocenters. The summed E-state index contributed by atoms with van der Waals surface area (Å²) in [5.41, 5.74) is 2.08. The second-order valence-corrected chi connectivity index (χ2v) is 6.97. The second-order valence-electron chi connectivity index (χ2n) is 6.97. The summed E-state index contributed by atoms with van der Waals surface area (Å²) in [6, 6.07) is 13.2. The molecule has 2 rings (SSSR count). The molecule has 2 aromatic carbocycles. The van der Waals surface area contributed by atoms with Crippen LogP contribution in [0.3, 0.4) is 0 Å². The summed E-state index contributed by atoms with van der Waals surface area (Å²) in [4.78, 5) is 12.1. The molecule has 29 heavy (non-hydrogen) atoms. The van der Waals surface area contributed by atoms with Gasteiger partial charge in [0.1, 0.15) is 5.75 Å². The van der Waals surface area contributed by atoms with Gasteiger partial charge in [-0.1, -0.05) is 57.7 Å². The van der Waals surface area contributed by atoms with Crippen molar-refractivity contribution in [1.29, 1.82) is 0 Å². The topological polar surface area (TPSA) is 44.8 Å². The molecule has 2 aromatic rings. The zero-order valence-electron chi connectivity index (χ0n) is 17.8. The third kappa shape index (κ3) is 8.02. The Morgan fingerprint density at radius 3 is 2.41 bits per heavy atom. The van der Waals surface area contributed by atoms with Crippen LogP contribution >= 0.6 is 0 Å². The summed E-state index contributed by atoms with van der Waals surface area (Å²) in [5, 5.41) is 0. The standard InChI is InChI=1S/C25H32O4/c1-4-6-7-8-18-28-23-16-12-21(19-24(23)27-3)13-17-25(26)29-22-14-10-20(9-5-2)11-15-22/h10-17,19H,4-9,18H2,1-3H3/b17-13+. The number of rotatable bonds is 12. The van der Waals surface area contributed by atoms with Crippen molar-refractivity contribution in [1.82, 2.24) is 0 Å². The highest BCUT2D eigenvalue weighted by molar-refractivity contribution is 5.88. The van der Waals surface area contributed by atoms with Crippen molar-refractivity contribution in [3.05, 3.63) is 59.7 Å². The minimum Gasteiger partial charge on any atom is -0.493 e. The maximum Gasteiger partial charge on any atom is 0.336 e. The van der Waals surface area contributed by atoms with Crippen molar-refractivity contribution in [2.75, 3.05) is 13.7 Å². The van der Waals surface area contributed by atoms with Crippen LogP contribution in [0.15, 0.2) is 48.5 Å². The van der Waals surface area contributed by atoms with Gasteiger partial charge in [-0.15, -0.1) is 0 Å². The zero-order valence-corrected chi connectivity index (χ0v) is 17.8. The monoisotopic (exact) mass is 396 g/mol. The third-order valence-corrected chi connectivity index (χ3v) is 4.54. The number of hydrogen-bond donors (Lipinski definition) is 0. The Hall–Kier alpha value is -2.75. The van der Waals surface area contributed by atoms with E-state index in [1.165, 1.54) is 30.9 Å². The fourth-order valence-corrected chi connectivity index (χ4v) is 2.95. The van der Waals surface area contributed by atoms with Crippen LogP contribution in [0.4, 0.5) is 0 Å². The molecule has 0 N–H and O–H groups in total. The first-order chi connectivity index (χ1) is 14.2. The first kappa shape index (κ1) is 22.5. The quantitative estimate of drug-likeness (QED) is 0.185. The largest absolute Gasteiger partial charge is 0.493 e. The Balaban J connectivity index is 1.90. The summed E-state index contributed by atoms with van der Waals surface area (Å²) >= 11 is 0. The van der Waals surface area contributed by atoms with Crippen LogP contribution in [0.25, 0.3) is 6.08 Å². The predicted octanol–water partition coefficient (Wildman–Crippen LogP) is 6.23. The highest BCUT2D eigenvalue weighted by Crippen LogP contribution is 2.29. The first-order valence-corrected chi connectivity index (χ1v) is 10.5. The molecule has 0 radical (unpaired) electrons. The van der Waals surface area contributed by atoms with E-state index in [1.54, 1.807) is 13.2 Å². The minimum atomic E-state index is -0.413. The molecule has 0 aromatic heterocycles. The van der Waals surface area contributed by atoms with Crippen molar-refractivity contribution >= 4 is 12.0 Å². The number of hydrogen-bond acceptors (Lipinski definition) is 4. The predicted molar refractivity (Wildman–Crippen MR) is 118 cm³/mol. The van der Waals surface area contributed by atoms with Gasteiger partial charge in [-0.05, 0) is 54.3 Å². The van der Waals surface area contributed by atoms with Gasteiger partial charge in [0.2, 0.25) is 0 Å². The van der Waals surface area contributed by atoms with Crippen molar-refractivity contribution in [2.24, 2.45) is 0 Å². The van der Waals surface area contributed by atoms with Crippen molar-refractivity contribution in [2.45, 2.75) is 52.4 Å². The van der Waals surface area contributed by atoms with Gasteiger partial charge in [-0.25, -0.2) is 4.79 Å². The summed E-state index contributed by atoms with van der Waals surface area (Å²) in [7, 11) is 1.61. The lowest BCUT2D eigenvalue weighted by Gasteiger charge is -2.11. The van der Waals surface area contributed by atoms with E-state index in [9.17, 15) is 4.79 Å². The average molecular weight is 397 g/mol. The van der Waals surface area contributed by atoms with Gasteiger partial charge in [0.05, 0.1) is 13.7 Å². The van der Waals surface area contributed by atoms with Gasteiger partial charge in [0, 0.05) is 6.08 Å². The van der Waals surface area contributed by atoms with Crippen molar-refractivity contribution < 1.29 is 19.0 Å². The fraction of sp³-hybridized carbons (Fsp3) is 0.400. The van der Waals surface area contributed by atoms with Gasteiger partial charge in [0.15, 0.2) is 11.5 Å². The van der Waals surface area contributed by atoms with Gasteiger partial charge in [-0.3, -0.25) is 0 Å². The molecule has 4 nitrogen and oxygen atoms in total. The second kappa shape index (κ2) is 12.7. The number of ether oxygens (including phenoxy) is 3. The van der Waals surface area contributed by atoms with Gasteiger partial charge in [0.25, 0.3) is 0 Å². The Labute approximate surface area is 174 Å². The average Bonchev–Trinajstić information content (AvgIpc) is 2.74. The molecule has 0 fully saturated rings. The molecule has 0 saturated heterocycles. The van der Waals surface area contributed by atoms with Gasteiger partial charge < -0.3 is 14.2 Å². The zero-order chi connectivity index (χ0) is 20.9. The summed E-state index contributed by atoms with van der Waals surface area (Å²) in [5.74, 6) is 1.51. The molecule has 0 aliphatic heterocycles. The van der Waals surface area contributed by atoms with Crippen LogP contribution in [-0.2, 0) is 11.2 Å². The Morgan fingerprint density at radius 2 is 1.72 bits per heavy atom. The lowest BCUT2D eigenvalue weighted by Crippen LogP contribution is -2.03. The van der Waals surface area contributed by atoms with Crippen LogP contribution in [0.1, 0.15) is 57.1 Å². The molecule has 0 heterocycles. The summed E-state index contributed by atoms with van der Waals surface area (Å²) in [6.45, 7) is 5.00. The van der Waals surface area contributed by atoms with Crippen molar-refractivity contribution in [3.63, 3.8) is 0 Å². The minimum absolute atomic E-state index is 0.413. The molecule has 0 unspecified atom stereocenters. The number of unbranched alkanes of at least 4 members (excludes halogenated alkanes) is 3. The van der Waals surface area contributed by atoms with Crippen molar-refractivity contribution in [3.8, 4) is 17.2 Å². The summed E-state index contributed by atoms with van der Waals surface area (Å²) < 4.78 is 16.6. The lowest BCUT2D eigenvalue weighted by atomic mass is 10.1. The van der Waals surface area contributed by atoms with E-state index >= 15 is 0 Å². The molecular weight excluding hydrogens is 364 g/mol. The molecule has 0 saturated carbocycles. The van der Waals surface area contributed by atoms with Gasteiger partial charge >= 0.3 is 5.97 Å². The van der Waals surface area contributed by atoms with E-state index in [4.69, 9.17) is 14.2 Å². The smallest absolute Gasteiger partial charge is 0.336 e. The van der Waals surface area contributed by atoms with E-state index in [2.05, 4.69) is 13.8 Å². The maximum absolute atomic E-state index is 12.1.